The Morgan fingerprint density at radius 1 is 1.12 bits per heavy atom. The van der Waals surface area contributed by atoms with Crippen LogP contribution in [0.4, 0.5) is 4.79 Å². The van der Waals surface area contributed by atoms with Gasteiger partial charge >= 0.3 is 12.0 Å². The second-order valence-electron chi connectivity index (χ2n) is 8.54. The average Bonchev–Trinajstić information content (AvgIpc) is 3.09. The van der Waals surface area contributed by atoms with E-state index in [-0.39, 0.29) is 18.9 Å². The number of benzene rings is 1. The van der Waals surface area contributed by atoms with Crippen LogP contribution >= 0.6 is 0 Å². The van der Waals surface area contributed by atoms with E-state index in [1.54, 1.807) is 46.0 Å². The Bertz CT molecular complexity index is 864. The molecule has 176 valence electrons. The molecule has 10 heteroatoms. The molecule has 0 aromatic heterocycles. The molecule has 0 spiro atoms. The van der Waals surface area contributed by atoms with E-state index in [0.29, 0.717) is 24.5 Å². The van der Waals surface area contributed by atoms with Crippen molar-refractivity contribution in [2.75, 3.05) is 33.9 Å². The molecule has 32 heavy (non-hydrogen) atoms. The minimum atomic E-state index is -0.741. The van der Waals surface area contributed by atoms with Crippen LogP contribution < -0.4 is 20.1 Å². The number of esters is 1. The highest BCUT2D eigenvalue weighted by Gasteiger charge is 2.35. The van der Waals surface area contributed by atoms with E-state index in [0.717, 1.165) is 5.56 Å². The van der Waals surface area contributed by atoms with E-state index in [9.17, 15) is 19.2 Å². The number of carbonyl (C=O) groups is 4. The number of likely N-dealkylation sites (tertiary alicyclic amines) is 1. The first-order valence-electron chi connectivity index (χ1n) is 10.3. The van der Waals surface area contributed by atoms with Gasteiger partial charge in [-0.3, -0.25) is 19.7 Å². The maximum absolute atomic E-state index is 12.3. The quantitative estimate of drug-likeness (QED) is 0.573. The summed E-state index contributed by atoms with van der Waals surface area (Å²) in [5.41, 5.74) is 0.456. The summed E-state index contributed by atoms with van der Waals surface area (Å²) in [5.74, 6) is -0.955. The fourth-order valence-electron chi connectivity index (χ4n) is 3.24. The lowest BCUT2D eigenvalue weighted by Gasteiger charge is -2.20. The molecule has 10 nitrogen and oxygen atoms in total. The van der Waals surface area contributed by atoms with E-state index in [2.05, 4.69) is 10.6 Å². The van der Waals surface area contributed by atoms with Crippen LogP contribution in [0, 0.1) is 5.92 Å². The van der Waals surface area contributed by atoms with Gasteiger partial charge in [-0.15, -0.1) is 0 Å². The Morgan fingerprint density at radius 3 is 2.44 bits per heavy atom. The van der Waals surface area contributed by atoms with Gasteiger partial charge in [0.1, 0.15) is 0 Å². The molecule has 0 unspecified atom stereocenters. The molecule has 1 heterocycles. The van der Waals surface area contributed by atoms with Crippen molar-refractivity contribution < 1.29 is 33.4 Å². The van der Waals surface area contributed by atoms with E-state index in [1.165, 1.54) is 0 Å². The maximum atomic E-state index is 12.3. The molecule has 2 rings (SSSR count). The van der Waals surface area contributed by atoms with Crippen LogP contribution in [0.3, 0.4) is 0 Å². The first-order valence-corrected chi connectivity index (χ1v) is 10.3. The summed E-state index contributed by atoms with van der Waals surface area (Å²) >= 11 is 0. The molecule has 1 aromatic rings. The molecule has 1 aliphatic heterocycles. The van der Waals surface area contributed by atoms with Gasteiger partial charge in [0.15, 0.2) is 18.1 Å². The highest BCUT2D eigenvalue weighted by molar-refractivity contribution is 5.96. The van der Waals surface area contributed by atoms with Crippen molar-refractivity contribution in [1.82, 2.24) is 15.5 Å². The van der Waals surface area contributed by atoms with Gasteiger partial charge in [-0.05, 0) is 44.9 Å². The zero-order valence-electron chi connectivity index (χ0n) is 19.1. The predicted molar refractivity (Wildman–Crippen MR) is 115 cm³/mol. The van der Waals surface area contributed by atoms with Crippen molar-refractivity contribution >= 4 is 23.8 Å². The summed E-state index contributed by atoms with van der Waals surface area (Å²) < 4.78 is 15.5. The first kappa shape index (κ1) is 25.0. The smallest absolute Gasteiger partial charge is 0.321 e. The van der Waals surface area contributed by atoms with Crippen molar-refractivity contribution in [3.63, 3.8) is 0 Å². The number of ether oxygens (including phenoxy) is 3. The van der Waals surface area contributed by atoms with E-state index >= 15 is 0 Å². The summed E-state index contributed by atoms with van der Waals surface area (Å²) in [4.78, 5) is 49.6. The molecule has 0 radical (unpaired) electrons. The van der Waals surface area contributed by atoms with Crippen molar-refractivity contribution in [2.24, 2.45) is 5.92 Å². The highest BCUT2D eigenvalue weighted by Crippen LogP contribution is 2.28. The topological polar surface area (TPSA) is 123 Å². The highest BCUT2D eigenvalue weighted by atomic mass is 16.5. The molecular weight excluding hydrogens is 418 g/mol. The third-order valence-electron chi connectivity index (χ3n) is 4.75. The van der Waals surface area contributed by atoms with Crippen LogP contribution in [0.15, 0.2) is 18.2 Å². The normalized spacial score (nSPS) is 15.8. The third-order valence-corrected chi connectivity index (χ3v) is 4.75. The van der Waals surface area contributed by atoms with Gasteiger partial charge in [0, 0.05) is 25.0 Å². The van der Waals surface area contributed by atoms with Crippen molar-refractivity contribution in [3.05, 3.63) is 23.8 Å². The molecule has 0 saturated carbocycles. The number of nitrogens with one attached hydrogen (secondary N) is 2. The second-order valence-corrected chi connectivity index (χ2v) is 8.54. The Morgan fingerprint density at radius 2 is 1.81 bits per heavy atom. The lowest BCUT2D eigenvalue weighted by Crippen LogP contribution is -2.49. The molecule has 0 bridgehead atoms. The number of urea groups is 1. The van der Waals surface area contributed by atoms with Gasteiger partial charge in [-0.25, -0.2) is 4.79 Å². The van der Waals surface area contributed by atoms with E-state index < -0.39 is 36.0 Å². The van der Waals surface area contributed by atoms with Gasteiger partial charge < -0.3 is 24.4 Å². The van der Waals surface area contributed by atoms with Crippen molar-refractivity contribution in [3.8, 4) is 11.5 Å². The number of hydrogen-bond acceptors (Lipinski definition) is 7. The number of nitrogens with zero attached hydrogens (tertiary/aromatic N) is 1. The van der Waals surface area contributed by atoms with Crippen molar-refractivity contribution in [2.45, 2.75) is 39.2 Å². The minimum absolute atomic E-state index is 0.0247. The molecule has 2 N–H and O–H groups in total. The summed E-state index contributed by atoms with van der Waals surface area (Å²) in [6.07, 6.45) is 0.607. The number of methoxy groups -OCH3 is 2. The van der Waals surface area contributed by atoms with Crippen LogP contribution in [0.2, 0.25) is 0 Å². The fraction of sp³-hybridized carbons (Fsp3) is 0.545. The molecule has 4 amide bonds. The lowest BCUT2D eigenvalue weighted by molar-refractivity contribution is -0.152. The molecule has 1 aromatic carbocycles. The Balaban J connectivity index is 1.80. The van der Waals surface area contributed by atoms with E-state index in [4.69, 9.17) is 14.2 Å². The summed E-state index contributed by atoms with van der Waals surface area (Å²) in [6, 6.07) is 4.87. The van der Waals surface area contributed by atoms with Gasteiger partial charge in [0.2, 0.25) is 5.91 Å². The van der Waals surface area contributed by atoms with Crippen molar-refractivity contribution in [1.29, 1.82) is 0 Å². The minimum Gasteiger partial charge on any atom is -0.493 e. The predicted octanol–water partition coefficient (Wildman–Crippen LogP) is 1.26. The molecular formula is C22H31N3O7. The Kier molecular flexibility index (Phi) is 8.45. The largest absolute Gasteiger partial charge is 0.493 e. The molecule has 1 atom stereocenters. The van der Waals surface area contributed by atoms with Crippen LogP contribution in [0.25, 0.3) is 0 Å². The second kappa shape index (κ2) is 10.8. The van der Waals surface area contributed by atoms with Gasteiger partial charge in [-0.2, -0.15) is 0 Å². The summed E-state index contributed by atoms with van der Waals surface area (Å²) in [6.45, 7) is 5.37. The maximum Gasteiger partial charge on any atom is 0.321 e. The van der Waals surface area contributed by atoms with Gasteiger partial charge in [0.25, 0.3) is 5.91 Å². The molecule has 0 aliphatic carbocycles. The number of hydrogen-bond donors (Lipinski definition) is 2. The monoisotopic (exact) mass is 449 g/mol. The molecule has 1 fully saturated rings. The summed E-state index contributed by atoms with van der Waals surface area (Å²) in [7, 11) is 3.11. The average molecular weight is 450 g/mol. The molecule has 1 aliphatic rings. The summed E-state index contributed by atoms with van der Waals surface area (Å²) in [5, 5.41) is 4.66. The fourth-order valence-corrected chi connectivity index (χ4v) is 3.24. The zero-order chi connectivity index (χ0) is 23.9. The van der Waals surface area contributed by atoms with E-state index in [1.807, 2.05) is 12.1 Å². The Labute approximate surface area is 187 Å². The molecule has 1 saturated heterocycles. The SMILES string of the molecule is COc1ccc(CCN2C[C@@H](C(=O)OCC(=O)NC(=O)NC(C)(C)C)CC2=O)cc1OC. The van der Waals surface area contributed by atoms with Crippen LogP contribution in [0.1, 0.15) is 32.8 Å². The van der Waals surface area contributed by atoms with Crippen LogP contribution in [0.5, 0.6) is 11.5 Å². The first-order chi connectivity index (χ1) is 15.0. The number of carbonyl (C=O) groups excluding carboxylic acids is 4. The zero-order valence-corrected chi connectivity index (χ0v) is 19.1. The third kappa shape index (κ3) is 7.44. The van der Waals surface area contributed by atoms with Crippen LogP contribution in [-0.2, 0) is 25.5 Å². The van der Waals surface area contributed by atoms with Gasteiger partial charge in [-0.1, -0.05) is 6.07 Å². The lowest BCUT2D eigenvalue weighted by atomic mass is 10.1. The standard InChI is InChI=1S/C22H31N3O7/c1-22(2,3)24-21(29)23-18(26)13-32-20(28)15-11-19(27)25(12-15)9-8-14-6-7-16(30-4)17(10-14)31-5/h6-7,10,15H,8-9,11-13H2,1-5H3,(H2,23,24,26,29)/t15-/m0/s1. The number of imide groups is 1. The number of amides is 4. The Hall–Kier alpha value is -3.30. The van der Waals surface area contributed by atoms with Gasteiger partial charge in [0.05, 0.1) is 20.1 Å². The number of rotatable bonds is 8. The van der Waals surface area contributed by atoms with Crippen LogP contribution in [-0.4, -0.2) is 68.2 Å².